The van der Waals surface area contributed by atoms with Gasteiger partial charge in [-0.15, -0.1) is 11.6 Å². The van der Waals surface area contributed by atoms with Gasteiger partial charge in [0, 0.05) is 6.07 Å². The maximum Gasteiger partial charge on any atom is 0.153 e. The summed E-state index contributed by atoms with van der Waals surface area (Å²) in [6, 6.07) is 1.53. The van der Waals surface area contributed by atoms with E-state index in [1.807, 2.05) is 0 Å². The van der Waals surface area contributed by atoms with E-state index in [1.54, 1.807) is 11.5 Å². The summed E-state index contributed by atoms with van der Waals surface area (Å²) in [5.74, 6) is -1.14. The minimum atomic E-state index is -3.13. The number of hydrogen-bond acceptors (Lipinski definition) is 3. The van der Waals surface area contributed by atoms with Crippen LogP contribution >= 0.6 is 11.6 Å². The van der Waals surface area contributed by atoms with E-state index in [0.717, 1.165) is 6.07 Å². The molecule has 1 aliphatic rings. The number of sulfone groups is 1. The molecule has 21 heavy (non-hydrogen) atoms. The van der Waals surface area contributed by atoms with Crippen molar-refractivity contribution in [2.45, 2.75) is 24.8 Å². The van der Waals surface area contributed by atoms with Crippen molar-refractivity contribution >= 4 is 32.5 Å². The van der Waals surface area contributed by atoms with E-state index in [1.165, 1.54) is 6.07 Å². The number of hydrogen-bond donors (Lipinski definition) is 0. The topological polar surface area (TPSA) is 52.0 Å². The molecule has 0 N–H and O–H groups in total. The number of aromatic nitrogens is 2. The molecule has 8 heteroatoms. The van der Waals surface area contributed by atoms with Crippen molar-refractivity contribution in [3.05, 3.63) is 29.6 Å². The van der Waals surface area contributed by atoms with Crippen LogP contribution in [-0.2, 0) is 9.84 Å². The molecule has 1 aromatic heterocycles. The van der Waals surface area contributed by atoms with Gasteiger partial charge in [-0.1, -0.05) is 0 Å². The molecular formula is C13H13ClF2N2O2S. The second-order valence-corrected chi connectivity index (χ2v) is 8.15. The number of imidazole rings is 1. The third-order valence-corrected chi connectivity index (χ3v) is 5.62. The van der Waals surface area contributed by atoms with Gasteiger partial charge >= 0.3 is 0 Å². The number of alkyl halides is 1. The first-order chi connectivity index (χ1) is 9.78. The smallest absolute Gasteiger partial charge is 0.153 e. The van der Waals surface area contributed by atoms with E-state index in [2.05, 4.69) is 4.98 Å². The Labute approximate surface area is 125 Å². The van der Waals surface area contributed by atoms with E-state index in [9.17, 15) is 17.2 Å². The highest BCUT2D eigenvalue weighted by Crippen LogP contribution is 2.34. The molecule has 0 aliphatic carbocycles. The van der Waals surface area contributed by atoms with Crippen LogP contribution < -0.4 is 0 Å². The molecule has 3 rings (SSSR count). The zero-order valence-corrected chi connectivity index (χ0v) is 12.8. The molecule has 4 nitrogen and oxygen atoms in total. The fourth-order valence-corrected chi connectivity index (χ4v) is 4.64. The lowest BCUT2D eigenvalue weighted by molar-refractivity contribution is 0.543. The summed E-state index contributed by atoms with van der Waals surface area (Å²) < 4.78 is 52.3. The number of halogens is 3. The van der Waals surface area contributed by atoms with Crippen LogP contribution in [0.25, 0.3) is 11.0 Å². The summed E-state index contributed by atoms with van der Waals surface area (Å²) in [6.07, 6.45) is 0.391. The summed E-state index contributed by atoms with van der Waals surface area (Å²) in [5, 5.41) is -0.539. The zero-order chi connectivity index (χ0) is 15.4. The molecule has 2 aromatic rings. The van der Waals surface area contributed by atoms with Crippen LogP contribution in [0.3, 0.4) is 0 Å². The van der Waals surface area contributed by atoms with Gasteiger partial charge in [-0.2, -0.15) is 0 Å². The summed E-state index contributed by atoms with van der Waals surface area (Å²) in [5.41, 5.74) is 0.264. The fraction of sp³-hybridized carbons (Fsp3) is 0.462. The highest BCUT2D eigenvalue weighted by atomic mass is 35.5. The minimum Gasteiger partial charge on any atom is -0.322 e. The lowest BCUT2D eigenvalue weighted by atomic mass is 10.2. The van der Waals surface area contributed by atoms with Crippen LogP contribution in [0.2, 0.25) is 0 Å². The Morgan fingerprint density at radius 1 is 1.43 bits per heavy atom. The van der Waals surface area contributed by atoms with Crippen molar-refractivity contribution in [3.8, 4) is 0 Å². The van der Waals surface area contributed by atoms with E-state index in [-0.39, 0.29) is 22.5 Å². The van der Waals surface area contributed by atoms with Gasteiger partial charge < -0.3 is 4.57 Å². The Hall–Kier alpha value is -1.21. The first kappa shape index (κ1) is 14.7. The molecule has 0 spiro atoms. The number of rotatable bonds is 2. The molecular weight excluding hydrogens is 322 g/mol. The lowest BCUT2D eigenvalue weighted by Gasteiger charge is -2.16. The third-order valence-electron chi connectivity index (χ3n) is 3.67. The van der Waals surface area contributed by atoms with E-state index in [4.69, 9.17) is 11.6 Å². The number of fused-ring (bicyclic) bond motifs is 1. The Balaban J connectivity index is 2.26. The SMILES string of the molecule is CC(Cl)c1nc2c(F)cc(F)cc2n1C1CCS(=O)(=O)C1. The molecule has 2 unspecified atom stereocenters. The Morgan fingerprint density at radius 3 is 2.71 bits per heavy atom. The molecule has 0 bridgehead atoms. The monoisotopic (exact) mass is 334 g/mol. The van der Waals surface area contributed by atoms with E-state index in [0.29, 0.717) is 12.2 Å². The molecule has 1 aromatic carbocycles. The number of benzene rings is 1. The molecule has 1 aliphatic heterocycles. The average molecular weight is 335 g/mol. The average Bonchev–Trinajstić information content (AvgIpc) is 2.89. The van der Waals surface area contributed by atoms with Gasteiger partial charge in [0.05, 0.1) is 28.4 Å². The molecule has 2 heterocycles. The fourth-order valence-electron chi connectivity index (χ4n) is 2.78. The van der Waals surface area contributed by atoms with Gasteiger partial charge in [-0.05, 0) is 19.4 Å². The number of nitrogens with zero attached hydrogens (tertiary/aromatic N) is 2. The van der Waals surface area contributed by atoms with Crippen LogP contribution in [0.1, 0.15) is 30.6 Å². The second kappa shape index (κ2) is 4.91. The highest BCUT2D eigenvalue weighted by Gasteiger charge is 2.33. The lowest BCUT2D eigenvalue weighted by Crippen LogP contribution is -2.14. The van der Waals surface area contributed by atoms with Gasteiger partial charge in [0.1, 0.15) is 17.2 Å². The van der Waals surface area contributed by atoms with Crippen LogP contribution in [0.4, 0.5) is 8.78 Å². The molecule has 1 saturated heterocycles. The van der Waals surface area contributed by atoms with E-state index < -0.39 is 32.9 Å². The highest BCUT2D eigenvalue weighted by molar-refractivity contribution is 7.91. The van der Waals surface area contributed by atoms with Crippen molar-refractivity contribution in [2.24, 2.45) is 0 Å². The van der Waals surface area contributed by atoms with Gasteiger partial charge in [0.25, 0.3) is 0 Å². The van der Waals surface area contributed by atoms with Crippen LogP contribution in [0, 0.1) is 11.6 Å². The standard InChI is InChI=1S/C13H13ClF2N2O2S/c1-7(14)13-17-12-10(16)4-8(15)5-11(12)18(13)9-2-3-21(19,20)6-9/h4-5,7,9H,2-3,6H2,1H3. The summed E-state index contributed by atoms with van der Waals surface area (Å²) in [6.45, 7) is 1.66. The molecule has 114 valence electrons. The van der Waals surface area contributed by atoms with Gasteiger partial charge in [0.2, 0.25) is 0 Å². The van der Waals surface area contributed by atoms with Gasteiger partial charge in [-0.3, -0.25) is 0 Å². The maximum atomic E-state index is 13.9. The van der Waals surface area contributed by atoms with Crippen molar-refractivity contribution in [2.75, 3.05) is 11.5 Å². The van der Waals surface area contributed by atoms with E-state index >= 15 is 0 Å². The Bertz CT molecular complexity index is 817. The summed E-state index contributed by atoms with van der Waals surface area (Å²) in [7, 11) is -3.13. The minimum absolute atomic E-state index is 0.0168. The Morgan fingerprint density at radius 2 is 2.14 bits per heavy atom. The molecule has 0 saturated carbocycles. The summed E-state index contributed by atoms with van der Waals surface area (Å²) >= 11 is 6.07. The van der Waals surface area contributed by atoms with Crippen LogP contribution in [-0.4, -0.2) is 29.5 Å². The maximum absolute atomic E-state index is 13.9. The third kappa shape index (κ3) is 2.53. The van der Waals surface area contributed by atoms with Crippen molar-refractivity contribution < 1.29 is 17.2 Å². The van der Waals surface area contributed by atoms with Crippen molar-refractivity contribution in [1.29, 1.82) is 0 Å². The van der Waals surface area contributed by atoms with Gasteiger partial charge in [0.15, 0.2) is 15.7 Å². The van der Waals surface area contributed by atoms with Gasteiger partial charge in [-0.25, -0.2) is 22.2 Å². The normalized spacial score (nSPS) is 22.8. The first-order valence-corrected chi connectivity index (χ1v) is 8.75. The first-order valence-electron chi connectivity index (χ1n) is 6.50. The van der Waals surface area contributed by atoms with Crippen LogP contribution in [0.5, 0.6) is 0 Å². The zero-order valence-electron chi connectivity index (χ0n) is 11.2. The summed E-state index contributed by atoms with van der Waals surface area (Å²) in [4.78, 5) is 4.14. The molecule has 0 amide bonds. The molecule has 1 fully saturated rings. The predicted molar refractivity (Wildman–Crippen MR) is 76.2 cm³/mol. The van der Waals surface area contributed by atoms with Crippen molar-refractivity contribution in [3.63, 3.8) is 0 Å². The van der Waals surface area contributed by atoms with Crippen LogP contribution in [0.15, 0.2) is 12.1 Å². The second-order valence-electron chi connectivity index (χ2n) is 5.27. The predicted octanol–water partition coefficient (Wildman–Crippen LogP) is 2.97. The quantitative estimate of drug-likeness (QED) is 0.793. The largest absolute Gasteiger partial charge is 0.322 e. The molecule has 0 radical (unpaired) electrons. The Kier molecular flexibility index (Phi) is 3.44. The molecule has 2 atom stereocenters. The van der Waals surface area contributed by atoms with Crippen molar-refractivity contribution in [1.82, 2.24) is 9.55 Å².